The number of hydrogen-bond donors (Lipinski definition) is 2. The summed E-state index contributed by atoms with van der Waals surface area (Å²) in [6, 6.07) is 5.64. The lowest BCUT2D eigenvalue weighted by molar-refractivity contribution is -0.123. The number of urea groups is 1. The predicted octanol–water partition coefficient (Wildman–Crippen LogP) is 1.20. The maximum absolute atomic E-state index is 12.4. The average molecular weight is 347 g/mol. The van der Waals surface area contributed by atoms with Crippen molar-refractivity contribution in [1.29, 1.82) is 0 Å². The number of nitrogens with zero attached hydrogens (tertiary/aromatic N) is 3. The zero-order chi connectivity index (χ0) is 18.1. The Morgan fingerprint density at radius 3 is 2.96 bits per heavy atom. The molecule has 2 rings (SSSR count). The number of aromatic nitrogens is 1. The quantitative estimate of drug-likeness (QED) is 0.739. The number of pyridine rings is 1. The summed E-state index contributed by atoms with van der Waals surface area (Å²) in [6.07, 6.45) is 4.48. The van der Waals surface area contributed by atoms with Crippen LogP contribution in [-0.4, -0.2) is 59.4 Å². The van der Waals surface area contributed by atoms with Crippen molar-refractivity contribution in [1.82, 2.24) is 20.1 Å². The van der Waals surface area contributed by atoms with Crippen LogP contribution >= 0.6 is 0 Å². The van der Waals surface area contributed by atoms with Crippen LogP contribution in [0.1, 0.15) is 31.9 Å². The fourth-order valence-electron chi connectivity index (χ4n) is 3.13. The SMILES string of the molecule is CCCN(Cc1ccccn1)C(=O)NCCN1CCC[C@H](C(N)=O)C1. The average Bonchev–Trinajstić information content (AvgIpc) is 2.62. The van der Waals surface area contributed by atoms with Gasteiger partial charge in [-0.1, -0.05) is 13.0 Å². The normalized spacial score (nSPS) is 17.9. The smallest absolute Gasteiger partial charge is 0.317 e. The molecule has 1 aromatic rings. The van der Waals surface area contributed by atoms with Crippen molar-refractivity contribution in [2.45, 2.75) is 32.7 Å². The van der Waals surface area contributed by atoms with Gasteiger partial charge in [-0.25, -0.2) is 4.79 Å². The second-order valence-electron chi connectivity index (χ2n) is 6.52. The Bertz CT molecular complexity index is 552. The van der Waals surface area contributed by atoms with Gasteiger partial charge in [0, 0.05) is 32.4 Å². The summed E-state index contributed by atoms with van der Waals surface area (Å²) >= 11 is 0. The molecule has 0 bridgehead atoms. The second-order valence-corrected chi connectivity index (χ2v) is 6.52. The van der Waals surface area contributed by atoms with E-state index in [1.54, 1.807) is 11.1 Å². The predicted molar refractivity (Wildman–Crippen MR) is 96.7 cm³/mol. The fourth-order valence-corrected chi connectivity index (χ4v) is 3.13. The first-order valence-electron chi connectivity index (χ1n) is 9.04. The van der Waals surface area contributed by atoms with Crippen LogP contribution in [-0.2, 0) is 11.3 Å². The third-order valence-electron chi connectivity index (χ3n) is 4.47. The highest BCUT2D eigenvalue weighted by Gasteiger charge is 2.23. The van der Waals surface area contributed by atoms with Gasteiger partial charge in [0.05, 0.1) is 18.2 Å². The summed E-state index contributed by atoms with van der Waals surface area (Å²) in [7, 11) is 0. The molecule has 1 saturated heterocycles. The van der Waals surface area contributed by atoms with Crippen LogP contribution in [0.3, 0.4) is 0 Å². The first-order chi connectivity index (χ1) is 12.1. The van der Waals surface area contributed by atoms with E-state index in [-0.39, 0.29) is 17.9 Å². The summed E-state index contributed by atoms with van der Waals surface area (Å²) in [6.45, 7) is 6.19. The lowest BCUT2D eigenvalue weighted by atomic mass is 9.97. The molecule has 0 unspecified atom stereocenters. The van der Waals surface area contributed by atoms with E-state index in [0.29, 0.717) is 26.2 Å². The minimum Gasteiger partial charge on any atom is -0.369 e. The Labute approximate surface area is 149 Å². The molecule has 0 radical (unpaired) electrons. The van der Waals surface area contributed by atoms with Crippen LogP contribution in [0.25, 0.3) is 0 Å². The minimum atomic E-state index is -0.224. The molecule has 3 amide bonds. The lowest BCUT2D eigenvalue weighted by Crippen LogP contribution is -2.46. The third kappa shape index (κ3) is 6.34. The number of carbonyl (C=O) groups is 2. The summed E-state index contributed by atoms with van der Waals surface area (Å²) in [5.74, 6) is -0.289. The Kier molecular flexibility index (Phi) is 7.66. The van der Waals surface area contributed by atoms with E-state index in [0.717, 1.165) is 38.0 Å². The van der Waals surface area contributed by atoms with Gasteiger partial charge >= 0.3 is 6.03 Å². The molecule has 1 aromatic heterocycles. The van der Waals surface area contributed by atoms with E-state index in [2.05, 4.69) is 22.1 Å². The molecule has 0 spiro atoms. The highest BCUT2D eigenvalue weighted by atomic mass is 16.2. The van der Waals surface area contributed by atoms with E-state index < -0.39 is 0 Å². The zero-order valence-electron chi connectivity index (χ0n) is 15.0. The van der Waals surface area contributed by atoms with Gasteiger partial charge in [-0.05, 0) is 37.9 Å². The molecule has 7 nitrogen and oxygen atoms in total. The molecule has 2 heterocycles. The van der Waals surface area contributed by atoms with Gasteiger partial charge in [0.1, 0.15) is 0 Å². The van der Waals surface area contributed by atoms with Crippen LogP contribution < -0.4 is 11.1 Å². The number of nitrogens with one attached hydrogen (secondary N) is 1. The van der Waals surface area contributed by atoms with Crippen LogP contribution in [0, 0.1) is 5.92 Å². The summed E-state index contributed by atoms with van der Waals surface area (Å²) < 4.78 is 0. The van der Waals surface area contributed by atoms with Crippen molar-refractivity contribution in [3.8, 4) is 0 Å². The summed E-state index contributed by atoms with van der Waals surface area (Å²) in [5.41, 5.74) is 6.29. The lowest BCUT2D eigenvalue weighted by Gasteiger charge is -2.31. The number of nitrogens with two attached hydrogens (primary N) is 1. The highest BCUT2D eigenvalue weighted by Crippen LogP contribution is 2.15. The van der Waals surface area contributed by atoms with Crippen LogP contribution in [0.4, 0.5) is 4.79 Å². The van der Waals surface area contributed by atoms with Crippen LogP contribution in [0.2, 0.25) is 0 Å². The first-order valence-corrected chi connectivity index (χ1v) is 9.04. The number of amides is 3. The Morgan fingerprint density at radius 1 is 1.44 bits per heavy atom. The number of primary amides is 1. The molecule has 0 aromatic carbocycles. The van der Waals surface area contributed by atoms with E-state index in [4.69, 9.17) is 5.73 Å². The van der Waals surface area contributed by atoms with Crippen molar-refractivity contribution in [3.63, 3.8) is 0 Å². The molecule has 1 atom stereocenters. The fraction of sp³-hybridized carbons (Fsp3) is 0.611. The van der Waals surface area contributed by atoms with Gasteiger partial charge in [-0.15, -0.1) is 0 Å². The van der Waals surface area contributed by atoms with Gasteiger partial charge in [-0.3, -0.25) is 9.78 Å². The van der Waals surface area contributed by atoms with Crippen molar-refractivity contribution >= 4 is 11.9 Å². The van der Waals surface area contributed by atoms with Gasteiger partial charge in [-0.2, -0.15) is 0 Å². The molecule has 7 heteroatoms. The van der Waals surface area contributed by atoms with Gasteiger partial charge in [0.15, 0.2) is 0 Å². The highest BCUT2D eigenvalue weighted by molar-refractivity contribution is 5.77. The Morgan fingerprint density at radius 2 is 2.28 bits per heavy atom. The molecule has 0 saturated carbocycles. The topological polar surface area (TPSA) is 91.6 Å². The number of likely N-dealkylation sites (tertiary alicyclic amines) is 1. The zero-order valence-corrected chi connectivity index (χ0v) is 15.0. The molecule has 1 fully saturated rings. The maximum Gasteiger partial charge on any atom is 0.317 e. The molecular weight excluding hydrogens is 318 g/mol. The Hall–Kier alpha value is -2.15. The van der Waals surface area contributed by atoms with Gasteiger partial charge in [0.2, 0.25) is 5.91 Å². The van der Waals surface area contributed by atoms with Crippen molar-refractivity contribution in [3.05, 3.63) is 30.1 Å². The van der Waals surface area contributed by atoms with E-state index in [1.165, 1.54) is 0 Å². The molecule has 138 valence electrons. The summed E-state index contributed by atoms with van der Waals surface area (Å²) in [4.78, 5) is 32.0. The van der Waals surface area contributed by atoms with Crippen LogP contribution in [0.5, 0.6) is 0 Å². The number of hydrogen-bond acceptors (Lipinski definition) is 4. The van der Waals surface area contributed by atoms with Gasteiger partial charge < -0.3 is 20.9 Å². The summed E-state index contributed by atoms with van der Waals surface area (Å²) in [5, 5.41) is 2.98. The largest absolute Gasteiger partial charge is 0.369 e. The standard InChI is InChI=1S/C18H29N5O2/c1-2-10-23(14-16-7-3-4-8-20-16)18(25)21-9-12-22-11-5-6-15(13-22)17(19)24/h3-4,7-8,15H,2,5-6,9-14H2,1H3,(H2,19,24)(H,21,25)/t15-/m0/s1. The molecule has 0 aliphatic carbocycles. The van der Waals surface area contributed by atoms with Crippen molar-refractivity contribution < 1.29 is 9.59 Å². The molecule has 25 heavy (non-hydrogen) atoms. The van der Waals surface area contributed by atoms with Crippen molar-refractivity contribution in [2.75, 3.05) is 32.7 Å². The Balaban J connectivity index is 1.77. The molecule has 3 N–H and O–H groups in total. The maximum atomic E-state index is 12.4. The van der Waals surface area contributed by atoms with E-state index in [1.807, 2.05) is 18.2 Å². The second kappa shape index (κ2) is 9.98. The number of piperidine rings is 1. The number of carbonyl (C=O) groups excluding carboxylic acids is 2. The van der Waals surface area contributed by atoms with E-state index >= 15 is 0 Å². The van der Waals surface area contributed by atoms with E-state index in [9.17, 15) is 9.59 Å². The third-order valence-corrected chi connectivity index (χ3v) is 4.47. The monoisotopic (exact) mass is 347 g/mol. The number of rotatable bonds is 8. The molecule has 1 aliphatic heterocycles. The molecular formula is C18H29N5O2. The van der Waals surface area contributed by atoms with Gasteiger partial charge in [0.25, 0.3) is 0 Å². The molecule has 1 aliphatic rings. The van der Waals surface area contributed by atoms with Crippen LogP contribution in [0.15, 0.2) is 24.4 Å². The minimum absolute atomic E-state index is 0.0646. The first kappa shape index (κ1) is 19.2. The van der Waals surface area contributed by atoms with Crippen molar-refractivity contribution in [2.24, 2.45) is 11.7 Å².